The number of nitrogens with zero attached hydrogens (tertiary/aromatic N) is 2. The van der Waals surface area contributed by atoms with Gasteiger partial charge in [0.25, 0.3) is 5.56 Å². The zero-order valence-corrected chi connectivity index (χ0v) is 10.3. The second-order valence-corrected chi connectivity index (χ2v) is 4.63. The van der Waals surface area contributed by atoms with Gasteiger partial charge in [-0.25, -0.2) is 4.98 Å². The van der Waals surface area contributed by atoms with Gasteiger partial charge in [-0.3, -0.25) is 9.78 Å². The number of nitrogens with one attached hydrogen (secondary N) is 1. The summed E-state index contributed by atoms with van der Waals surface area (Å²) in [5.74, 6) is 0.766. The molecule has 2 heterocycles. The SMILES string of the molecule is Nc1cc(=O)[nH]c(SCc2cc(Cl)ccn2)n1. The van der Waals surface area contributed by atoms with Crippen LogP contribution in [0.2, 0.25) is 5.02 Å². The van der Waals surface area contributed by atoms with Crippen molar-refractivity contribution in [1.82, 2.24) is 15.0 Å². The predicted octanol–water partition coefficient (Wildman–Crippen LogP) is 1.69. The quantitative estimate of drug-likeness (QED) is 0.654. The molecule has 0 saturated heterocycles. The maximum absolute atomic E-state index is 11.2. The summed E-state index contributed by atoms with van der Waals surface area (Å²) in [6.45, 7) is 0. The third-order valence-electron chi connectivity index (χ3n) is 1.88. The molecule has 2 aromatic heterocycles. The molecule has 0 fully saturated rings. The Morgan fingerprint density at radius 2 is 2.29 bits per heavy atom. The number of nitrogen functional groups attached to an aromatic ring is 1. The molecule has 0 aliphatic carbocycles. The highest BCUT2D eigenvalue weighted by atomic mass is 35.5. The summed E-state index contributed by atoms with van der Waals surface area (Å²) in [5.41, 5.74) is 6.02. The first-order chi connectivity index (χ1) is 8.13. The van der Waals surface area contributed by atoms with E-state index in [1.807, 2.05) is 0 Å². The molecule has 0 aliphatic heterocycles. The molecule has 17 heavy (non-hydrogen) atoms. The van der Waals surface area contributed by atoms with Crippen molar-refractivity contribution in [2.45, 2.75) is 10.9 Å². The molecule has 7 heteroatoms. The number of thioether (sulfide) groups is 1. The van der Waals surface area contributed by atoms with E-state index in [1.165, 1.54) is 17.8 Å². The van der Waals surface area contributed by atoms with Gasteiger partial charge < -0.3 is 10.7 Å². The Morgan fingerprint density at radius 1 is 1.47 bits per heavy atom. The van der Waals surface area contributed by atoms with Crippen LogP contribution >= 0.6 is 23.4 Å². The second-order valence-electron chi connectivity index (χ2n) is 3.23. The topological polar surface area (TPSA) is 84.7 Å². The lowest BCUT2D eigenvalue weighted by Gasteiger charge is -2.01. The van der Waals surface area contributed by atoms with Crippen molar-refractivity contribution in [2.24, 2.45) is 0 Å². The van der Waals surface area contributed by atoms with Crippen molar-refractivity contribution < 1.29 is 0 Å². The van der Waals surface area contributed by atoms with Crippen LogP contribution in [0.5, 0.6) is 0 Å². The number of aromatic amines is 1. The second kappa shape index (κ2) is 5.20. The summed E-state index contributed by atoms with van der Waals surface area (Å²) >= 11 is 7.18. The molecule has 0 aromatic carbocycles. The van der Waals surface area contributed by atoms with Crippen LogP contribution in [0.25, 0.3) is 0 Å². The Bertz CT molecular complexity index is 587. The number of H-pyrrole nitrogens is 1. The normalized spacial score (nSPS) is 10.4. The fourth-order valence-electron chi connectivity index (χ4n) is 1.19. The lowest BCUT2D eigenvalue weighted by Crippen LogP contribution is -2.09. The van der Waals surface area contributed by atoms with Crippen molar-refractivity contribution in [1.29, 1.82) is 0 Å². The highest BCUT2D eigenvalue weighted by molar-refractivity contribution is 7.98. The summed E-state index contributed by atoms with van der Waals surface area (Å²) in [5, 5.41) is 1.10. The van der Waals surface area contributed by atoms with Crippen LogP contribution in [0, 0.1) is 0 Å². The number of aromatic nitrogens is 3. The standard InChI is InChI=1S/C10H9ClN4OS/c11-6-1-2-13-7(3-6)5-17-10-14-8(12)4-9(16)15-10/h1-4H,5H2,(H3,12,14,15,16). The van der Waals surface area contributed by atoms with Gasteiger partial charge in [0.05, 0.1) is 5.69 Å². The zero-order chi connectivity index (χ0) is 12.3. The van der Waals surface area contributed by atoms with E-state index in [0.717, 1.165) is 5.69 Å². The van der Waals surface area contributed by atoms with E-state index in [-0.39, 0.29) is 11.4 Å². The molecule has 0 spiro atoms. The molecule has 5 nitrogen and oxygen atoms in total. The van der Waals surface area contributed by atoms with Crippen molar-refractivity contribution >= 4 is 29.2 Å². The molecule has 2 aromatic rings. The number of nitrogens with two attached hydrogens (primary N) is 1. The summed E-state index contributed by atoms with van der Waals surface area (Å²) < 4.78 is 0. The minimum Gasteiger partial charge on any atom is -0.383 e. The summed E-state index contributed by atoms with van der Waals surface area (Å²) in [6.07, 6.45) is 1.63. The van der Waals surface area contributed by atoms with Crippen LogP contribution in [-0.4, -0.2) is 15.0 Å². The lowest BCUT2D eigenvalue weighted by molar-refractivity contribution is 0.943. The van der Waals surface area contributed by atoms with Crippen LogP contribution in [0.4, 0.5) is 5.82 Å². The van der Waals surface area contributed by atoms with Gasteiger partial charge in [-0.1, -0.05) is 23.4 Å². The largest absolute Gasteiger partial charge is 0.383 e. The smallest absolute Gasteiger partial charge is 0.253 e. The van der Waals surface area contributed by atoms with E-state index in [9.17, 15) is 4.79 Å². The molecule has 0 bridgehead atoms. The third kappa shape index (κ3) is 3.47. The number of rotatable bonds is 3. The Hall–Kier alpha value is -1.53. The number of anilines is 1. The lowest BCUT2D eigenvalue weighted by atomic mass is 10.4. The molecular formula is C10H9ClN4OS. The minimum absolute atomic E-state index is 0.204. The Labute approximate surface area is 106 Å². The third-order valence-corrected chi connectivity index (χ3v) is 3.02. The monoisotopic (exact) mass is 268 g/mol. The first-order valence-electron chi connectivity index (χ1n) is 4.73. The van der Waals surface area contributed by atoms with Gasteiger partial charge in [0.1, 0.15) is 5.82 Å². The van der Waals surface area contributed by atoms with Crippen molar-refractivity contribution in [3.05, 3.63) is 45.5 Å². The fraction of sp³-hybridized carbons (Fsp3) is 0.100. The molecule has 88 valence electrons. The van der Waals surface area contributed by atoms with Gasteiger partial charge in [-0.15, -0.1) is 0 Å². The van der Waals surface area contributed by atoms with Crippen molar-refractivity contribution in [3.63, 3.8) is 0 Å². The Balaban J connectivity index is 2.09. The summed E-state index contributed by atoms with van der Waals surface area (Å²) in [4.78, 5) is 21.9. The summed E-state index contributed by atoms with van der Waals surface area (Å²) in [7, 11) is 0. The molecule has 0 unspecified atom stereocenters. The first kappa shape index (κ1) is 11.9. The molecule has 3 N–H and O–H groups in total. The van der Waals surface area contributed by atoms with Gasteiger partial charge in [-0.2, -0.15) is 0 Å². The van der Waals surface area contributed by atoms with Crippen LogP contribution in [0.15, 0.2) is 34.3 Å². The number of hydrogen-bond donors (Lipinski definition) is 2. The van der Waals surface area contributed by atoms with Crippen molar-refractivity contribution in [3.8, 4) is 0 Å². The highest BCUT2D eigenvalue weighted by Crippen LogP contribution is 2.19. The van der Waals surface area contributed by atoms with Gasteiger partial charge >= 0.3 is 0 Å². The van der Waals surface area contributed by atoms with Gasteiger partial charge in [0.15, 0.2) is 5.16 Å². The fourth-order valence-corrected chi connectivity index (χ4v) is 2.16. The molecule has 0 amide bonds. The molecule has 0 atom stereocenters. The molecular weight excluding hydrogens is 260 g/mol. The number of pyridine rings is 1. The molecule has 0 radical (unpaired) electrons. The van der Waals surface area contributed by atoms with Crippen LogP contribution in [0.3, 0.4) is 0 Å². The molecule has 0 saturated carbocycles. The molecule has 2 rings (SSSR count). The maximum Gasteiger partial charge on any atom is 0.253 e. The summed E-state index contributed by atoms with van der Waals surface area (Å²) in [6, 6.07) is 4.71. The van der Waals surface area contributed by atoms with E-state index < -0.39 is 0 Å². The highest BCUT2D eigenvalue weighted by Gasteiger charge is 2.02. The van der Waals surface area contributed by atoms with Crippen LogP contribution < -0.4 is 11.3 Å². The average molecular weight is 269 g/mol. The number of halogens is 1. The van der Waals surface area contributed by atoms with Gasteiger partial charge in [0.2, 0.25) is 0 Å². The Kier molecular flexibility index (Phi) is 3.65. The van der Waals surface area contributed by atoms with E-state index >= 15 is 0 Å². The van der Waals surface area contributed by atoms with Gasteiger partial charge in [-0.05, 0) is 12.1 Å². The van der Waals surface area contributed by atoms with E-state index in [0.29, 0.717) is 15.9 Å². The Morgan fingerprint density at radius 3 is 3.00 bits per heavy atom. The van der Waals surface area contributed by atoms with E-state index in [2.05, 4.69) is 15.0 Å². The number of hydrogen-bond acceptors (Lipinski definition) is 5. The van der Waals surface area contributed by atoms with E-state index in [4.69, 9.17) is 17.3 Å². The van der Waals surface area contributed by atoms with Crippen molar-refractivity contribution in [2.75, 3.05) is 5.73 Å². The molecule has 0 aliphatic rings. The maximum atomic E-state index is 11.2. The minimum atomic E-state index is -0.265. The van der Waals surface area contributed by atoms with Crippen LogP contribution in [0.1, 0.15) is 5.69 Å². The zero-order valence-electron chi connectivity index (χ0n) is 8.68. The average Bonchev–Trinajstić information content (AvgIpc) is 2.25. The van der Waals surface area contributed by atoms with E-state index in [1.54, 1.807) is 18.3 Å². The predicted molar refractivity (Wildman–Crippen MR) is 68.1 cm³/mol. The van der Waals surface area contributed by atoms with Gasteiger partial charge in [0, 0.05) is 23.0 Å². The van der Waals surface area contributed by atoms with Crippen LogP contribution in [-0.2, 0) is 5.75 Å². The first-order valence-corrected chi connectivity index (χ1v) is 6.10.